The molecule has 0 saturated carbocycles. The number of ether oxygens (including phenoxy) is 1. The second-order valence-electron chi connectivity index (χ2n) is 2.62. The van der Waals surface area contributed by atoms with E-state index in [0.29, 0.717) is 6.42 Å². The van der Waals surface area contributed by atoms with Crippen LogP contribution in [0.3, 0.4) is 0 Å². The van der Waals surface area contributed by atoms with Crippen LogP contribution in [0.25, 0.3) is 0 Å². The van der Waals surface area contributed by atoms with Crippen molar-refractivity contribution in [2.75, 3.05) is 7.11 Å². The Hall–Kier alpha value is -0.770. The van der Waals surface area contributed by atoms with Gasteiger partial charge in [-0.1, -0.05) is 0 Å². The van der Waals surface area contributed by atoms with E-state index in [0.717, 1.165) is 0 Å². The minimum Gasteiger partial charge on any atom is -0.453 e. The number of carbonyl (C=O) groups is 1. The lowest BCUT2D eigenvalue weighted by Gasteiger charge is -2.13. The lowest BCUT2D eigenvalue weighted by Crippen LogP contribution is -2.34. The molecule has 4 heteroatoms. The highest BCUT2D eigenvalue weighted by Crippen LogP contribution is 1.96. The monoisotopic (exact) mass is 161 g/mol. The van der Waals surface area contributed by atoms with E-state index in [-0.39, 0.29) is 6.04 Å². The number of hydrogen-bond acceptors (Lipinski definition) is 3. The summed E-state index contributed by atoms with van der Waals surface area (Å²) in [4.78, 5) is 10.6. The molecular formula is C7H15NO3. The summed E-state index contributed by atoms with van der Waals surface area (Å²) in [6.07, 6.45) is -0.324. The van der Waals surface area contributed by atoms with Crippen LogP contribution in [-0.4, -0.2) is 30.5 Å². The molecule has 0 saturated heterocycles. The Kier molecular flexibility index (Phi) is 4.61. The van der Waals surface area contributed by atoms with Crippen molar-refractivity contribution in [2.45, 2.75) is 32.4 Å². The van der Waals surface area contributed by atoms with E-state index in [9.17, 15) is 4.79 Å². The first-order valence-electron chi connectivity index (χ1n) is 3.58. The van der Waals surface area contributed by atoms with E-state index in [4.69, 9.17) is 5.11 Å². The summed E-state index contributed by atoms with van der Waals surface area (Å²) >= 11 is 0. The van der Waals surface area contributed by atoms with Crippen LogP contribution in [-0.2, 0) is 4.74 Å². The molecule has 2 unspecified atom stereocenters. The fourth-order valence-corrected chi connectivity index (χ4v) is 0.831. The van der Waals surface area contributed by atoms with Crippen LogP contribution in [0.4, 0.5) is 4.79 Å². The van der Waals surface area contributed by atoms with Gasteiger partial charge in [-0.2, -0.15) is 0 Å². The fraction of sp³-hybridized carbons (Fsp3) is 0.857. The van der Waals surface area contributed by atoms with Crippen molar-refractivity contribution in [1.82, 2.24) is 5.32 Å². The molecule has 1 amide bonds. The summed E-state index contributed by atoms with van der Waals surface area (Å²) in [6, 6.07) is -0.0533. The van der Waals surface area contributed by atoms with Crippen LogP contribution in [0.2, 0.25) is 0 Å². The summed E-state index contributed by atoms with van der Waals surface area (Å²) in [6.45, 7) is 3.49. The molecule has 0 aromatic heterocycles. The predicted octanol–water partition coefficient (Wildman–Crippen LogP) is 0.502. The van der Waals surface area contributed by atoms with Gasteiger partial charge in [0.1, 0.15) is 0 Å². The Morgan fingerprint density at radius 2 is 2.18 bits per heavy atom. The van der Waals surface area contributed by atoms with Gasteiger partial charge in [0.05, 0.1) is 13.2 Å². The third-order valence-electron chi connectivity index (χ3n) is 1.24. The van der Waals surface area contributed by atoms with Crippen LogP contribution in [0.1, 0.15) is 20.3 Å². The Morgan fingerprint density at radius 3 is 2.55 bits per heavy atom. The molecule has 66 valence electrons. The SMILES string of the molecule is COC(=O)NC(C)CC(C)O. The molecule has 0 spiro atoms. The van der Waals surface area contributed by atoms with Crippen LogP contribution in [0.5, 0.6) is 0 Å². The number of alkyl carbamates (subject to hydrolysis) is 1. The lowest BCUT2D eigenvalue weighted by molar-refractivity contribution is 0.151. The van der Waals surface area contributed by atoms with Crippen molar-refractivity contribution in [2.24, 2.45) is 0 Å². The molecule has 0 fully saturated rings. The molecule has 4 nitrogen and oxygen atoms in total. The number of rotatable bonds is 3. The lowest BCUT2D eigenvalue weighted by atomic mass is 10.2. The smallest absolute Gasteiger partial charge is 0.407 e. The number of methoxy groups -OCH3 is 1. The molecule has 0 bridgehead atoms. The Bertz CT molecular complexity index is 125. The molecular weight excluding hydrogens is 146 g/mol. The normalized spacial score (nSPS) is 15.3. The molecule has 2 atom stereocenters. The van der Waals surface area contributed by atoms with Gasteiger partial charge >= 0.3 is 6.09 Å². The molecule has 0 rings (SSSR count). The molecule has 0 aromatic carbocycles. The third-order valence-corrected chi connectivity index (χ3v) is 1.24. The molecule has 0 aliphatic heterocycles. The van der Waals surface area contributed by atoms with Gasteiger partial charge in [0, 0.05) is 6.04 Å². The van der Waals surface area contributed by atoms with Crippen LogP contribution in [0.15, 0.2) is 0 Å². The Morgan fingerprint density at radius 1 is 1.64 bits per heavy atom. The van der Waals surface area contributed by atoms with Gasteiger partial charge in [0.15, 0.2) is 0 Å². The van der Waals surface area contributed by atoms with Gasteiger partial charge in [0.25, 0.3) is 0 Å². The third kappa shape index (κ3) is 5.66. The van der Waals surface area contributed by atoms with Gasteiger partial charge in [0.2, 0.25) is 0 Å². The zero-order chi connectivity index (χ0) is 8.85. The first-order chi connectivity index (χ1) is 5.06. The van der Waals surface area contributed by atoms with E-state index in [1.165, 1.54) is 7.11 Å². The van der Waals surface area contributed by atoms with Crippen molar-refractivity contribution in [3.8, 4) is 0 Å². The van der Waals surface area contributed by atoms with E-state index in [1.807, 2.05) is 6.92 Å². The second kappa shape index (κ2) is 4.96. The maximum atomic E-state index is 10.6. The number of amides is 1. The molecule has 0 aromatic rings. The van der Waals surface area contributed by atoms with Crippen molar-refractivity contribution in [3.63, 3.8) is 0 Å². The summed E-state index contributed by atoms with van der Waals surface area (Å²) in [7, 11) is 1.31. The van der Waals surface area contributed by atoms with Crippen LogP contribution >= 0.6 is 0 Å². The van der Waals surface area contributed by atoms with Crippen LogP contribution in [0, 0.1) is 0 Å². The number of nitrogens with one attached hydrogen (secondary N) is 1. The largest absolute Gasteiger partial charge is 0.453 e. The van der Waals surface area contributed by atoms with Gasteiger partial charge in [-0.15, -0.1) is 0 Å². The first kappa shape index (κ1) is 10.2. The van der Waals surface area contributed by atoms with Gasteiger partial charge in [-0.25, -0.2) is 4.79 Å². The van der Waals surface area contributed by atoms with E-state index < -0.39 is 12.2 Å². The average molecular weight is 161 g/mol. The zero-order valence-corrected chi connectivity index (χ0v) is 7.13. The summed E-state index contributed by atoms with van der Waals surface area (Å²) in [5, 5.41) is 11.5. The highest BCUT2D eigenvalue weighted by molar-refractivity contribution is 5.67. The Balaban J connectivity index is 3.51. The van der Waals surface area contributed by atoms with Gasteiger partial charge < -0.3 is 15.2 Å². The van der Waals surface area contributed by atoms with Crippen LogP contribution < -0.4 is 5.32 Å². The van der Waals surface area contributed by atoms with Gasteiger partial charge in [-0.3, -0.25) is 0 Å². The van der Waals surface area contributed by atoms with Crippen molar-refractivity contribution in [1.29, 1.82) is 0 Å². The molecule has 0 aliphatic rings. The maximum Gasteiger partial charge on any atom is 0.407 e. The van der Waals surface area contributed by atoms with Crippen molar-refractivity contribution >= 4 is 6.09 Å². The fourth-order valence-electron chi connectivity index (χ4n) is 0.831. The summed E-state index contributed by atoms with van der Waals surface area (Å²) in [5.74, 6) is 0. The quantitative estimate of drug-likeness (QED) is 0.633. The summed E-state index contributed by atoms with van der Waals surface area (Å²) < 4.78 is 4.37. The van der Waals surface area contributed by atoms with E-state index in [2.05, 4.69) is 10.1 Å². The molecule has 0 heterocycles. The number of aliphatic hydroxyl groups is 1. The summed E-state index contributed by atoms with van der Waals surface area (Å²) in [5.41, 5.74) is 0. The predicted molar refractivity (Wildman–Crippen MR) is 41.3 cm³/mol. The maximum absolute atomic E-state index is 10.6. The van der Waals surface area contributed by atoms with Gasteiger partial charge in [-0.05, 0) is 20.3 Å². The van der Waals surface area contributed by atoms with E-state index >= 15 is 0 Å². The van der Waals surface area contributed by atoms with Crippen molar-refractivity contribution < 1.29 is 14.6 Å². The number of hydrogen-bond donors (Lipinski definition) is 2. The van der Waals surface area contributed by atoms with Crippen molar-refractivity contribution in [3.05, 3.63) is 0 Å². The highest BCUT2D eigenvalue weighted by atomic mass is 16.5. The Labute approximate surface area is 66.5 Å². The topological polar surface area (TPSA) is 58.6 Å². The minimum absolute atomic E-state index is 0.0533. The molecule has 11 heavy (non-hydrogen) atoms. The zero-order valence-electron chi connectivity index (χ0n) is 7.13. The number of carbonyl (C=O) groups excluding carboxylic acids is 1. The first-order valence-corrected chi connectivity index (χ1v) is 3.58. The highest BCUT2D eigenvalue weighted by Gasteiger charge is 2.08. The number of aliphatic hydroxyl groups excluding tert-OH is 1. The van der Waals surface area contributed by atoms with E-state index in [1.54, 1.807) is 6.92 Å². The second-order valence-corrected chi connectivity index (χ2v) is 2.62. The average Bonchev–Trinajstić information content (AvgIpc) is 1.85. The standard InChI is InChI=1S/C7H15NO3/c1-5(4-6(2)9)8-7(10)11-3/h5-6,9H,4H2,1-3H3,(H,8,10). The molecule has 2 N–H and O–H groups in total. The molecule has 0 radical (unpaired) electrons. The minimum atomic E-state index is -0.460. The molecule has 0 aliphatic carbocycles.